The molecule has 2 heterocycles. The van der Waals surface area contributed by atoms with Gasteiger partial charge in [-0.25, -0.2) is 0 Å². The zero-order valence-electron chi connectivity index (χ0n) is 14.6. The van der Waals surface area contributed by atoms with E-state index in [1.165, 1.54) is 0 Å². The molecule has 1 aliphatic rings. The Bertz CT molecular complexity index is 792. The Balaban J connectivity index is 1.66. The lowest BCUT2D eigenvalue weighted by Crippen LogP contribution is -2.36. The molecule has 1 aromatic heterocycles. The molecule has 132 valence electrons. The van der Waals surface area contributed by atoms with E-state index >= 15 is 0 Å². The van der Waals surface area contributed by atoms with Gasteiger partial charge in [-0.1, -0.05) is 12.1 Å². The molecule has 0 spiro atoms. The van der Waals surface area contributed by atoms with Gasteiger partial charge in [0, 0.05) is 38.1 Å². The lowest BCUT2D eigenvalue weighted by atomic mass is 10.1. The molecule has 1 N–H and O–H groups in total. The summed E-state index contributed by atoms with van der Waals surface area (Å²) >= 11 is 0. The van der Waals surface area contributed by atoms with Gasteiger partial charge in [0.05, 0.1) is 13.2 Å². The molecule has 6 nitrogen and oxygen atoms in total. The Morgan fingerprint density at radius 1 is 1.16 bits per heavy atom. The second-order valence-electron chi connectivity index (χ2n) is 6.31. The standard InChI is InChI=1S/C19H23N3O3/c1-14-3-8-17(18(23)20-14)19(24)21(2)13-15-4-6-16(7-5-15)22-9-11-25-12-10-22/h3-8H,9-13H2,1-2H3,(H,20,23). The van der Waals surface area contributed by atoms with E-state index in [0.29, 0.717) is 6.54 Å². The number of aromatic amines is 1. The summed E-state index contributed by atoms with van der Waals surface area (Å²) < 4.78 is 5.37. The van der Waals surface area contributed by atoms with Crippen LogP contribution < -0.4 is 10.5 Å². The van der Waals surface area contributed by atoms with Crippen LogP contribution in [0, 0.1) is 6.92 Å². The van der Waals surface area contributed by atoms with E-state index < -0.39 is 0 Å². The maximum absolute atomic E-state index is 12.5. The first kappa shape index (κ1) is 17.2. The first-order valence-electron chi connectivity index (χ1n) is 8.41. The minimum atomic E-state index is -0.348. The van der Waals surface area contributed by atoms with Gasteiger partial charge in [0.1, 0.15) is 5.56 Å². The van der Waals surface area contributed by atoms with E-state index in [9.17, 15) is 9.59 Å². The largest absolute Gasteiger partial charge is 0.378 e. The van der Waals surface area contributed by atoms with Gasteiger partial charge in [-0.3, -0.25) is 9.59 Å². The summed E-state index contributed by atoms with van der Waals surface area (Å²) in [5.41, 5.74) is 2.74. The van der Waals surface area contributed by atoms with Crippen LogP contribution in [0.2, 0.25) is 0 Å². The molecular formula is C19H23N3O3. The summed E-state index contributed by atoms with van der Waals surface area (Å²) in [5, 5.41) is 0. The maximum atomic E-state index is 12.5. The number of nitrogens with zero attached hydrogens (tertiary/aromatic N) is 2. The number of H-pyrrole nitrogens is 1. The normalized spacial score (nSPS) is 14.4. The molecule has 1 fully saturated rings. The van der Waals surface area contributed by atoms with E-state index in [1.807, 2.05) is 12.1 Å². The average Bonchev–Trinajstić information content (AvgIpc) is 2.62. The first-order valence-corrected chi connectivity index (χ1v) is 8.41. The minimum Gasteiger partial charge on any atom is -0.378 e. The molecule has 1 aromatic carbocycles. The summed E-state index contributed by atoms with van der Waals surface area (Å²) in [6, 6.07) is 11.5. The number of amides is 1. The summed E-state index contributed by atoms with van der Waals surface area (Å²) in [6.07, 6.45) is 0. The molecule has 1 saturated heterocycles. The third-order valence-electron chi connectivity index (χ3n) is 4.36. The van der Waals surface area contributed by atoms with Crippen molar-refractivity contribution in [1.82, 2.24) is 9.88 Å². The average molecular weight is 341 g/mol. The van der Waals surface area contributed by atoms with Crippen molar-refractivity contribution in [2.45, 2.75) is 13.5 Å². The highest BCUT2D eigenvalue weighted by molar-refractivity contribution is 5.93. The number of carbonyl (C=O) groups is 1. The van der Waals surface area contributed by atoms with Crippen LogP contribution >= 0.6 is 0 Å². The van der Waals surface area contributed by atoms with Gasteiger partial charge in [-0.15, -0.1) is 0 Å². The molecule has 0 aliphatic carbocycles. The molecule has 0 atom stereocenters. The molecule has 6 heteroatoms. The van der Waals surface area contributed by atoms with Crippen LogP contribution in [0.25, 0.3) is 0 Å². The van der Waals surface area contributed by atoms with Gasteiger partial charge in [0.2, 0.25) is 0 Å². The zero-order valence-corrected chi connectivity index (χ0v) is 14.6. The Labute approximate surface area is 147 Å². The number of hydrogen-bond acceptors (Lipinski definition) is 4. The second-order valence-corrected chi connectivity index (χ2v) is 6.31. The van der Waals surface area contributed by atoms with Crippen molar-refractivity contribution in [2.24, 2.45) is 0 Å². The highest BCUT2D eigenvalue weighted by Gasteiger charge is 2.16. The Kier molecular flexibility index (Phi) is 5.19. The second kappa shape index (κ2) is 7.53. The number of morpholine rings is 1. The van der Waals surface area contributed by atoms with Crippen molar-refractivity contribution in [3.05, 3.63) is 63.6 Å². The number of nitrogens with one attached hydrogen (secondary N) is 1. The third-order valence-corrected chi connectivity index (χ3v) is 4.36. The molecule has 1 amide bonds. The molecule has 0 radical (unpaired) electrons. The topological polar surface area (TPSA) is 65.6 Å². The van der Waals surface area contributed by atoms with Gasteiger partial charge in [0.25, 0.3) is 11.5 Å². The number of ether oxygens (including phenoxy) is 1. The SMILES string of the molecule is Cc1ccc(C(=O)N(C)Cc2ccc(N3CCOCC3)cc2)c(=O)[nH]1. The van der Waals surface area contributed by atoms with E-state index in [0.717, 1.165) is 43.2 Å². The van der Waals surface area contributed by atoms with Gasteiger partial charge in [-0.2, -0.15) is 0 Å². The van der Waals surface area contributed by atoms with Crippen molar-refractivity contribution in [3.8, 4) is 0 Å². The molecule has 0 bridgehead atoms. The Morgan fingerprint density at radius 3 is 2.48 bits per heavy atom. The van der Waals surface area contributed by atoms with Crippen LogP contribution in [0.1, 0.15) is 21.6 Å². The van der Waals surface area contributed by atoms with Gasteiger partial charge < -0.3 is 19.5 Å². The van der Waals surface area contributed by atoms with Crippen molar-refractivity contribution in [2.75, 3.05) is 38.3 Å². The number of benzene rings is 1. The zero-order chi connectivity index (χ0) is 17.8. The highest BCUT2D eigenvalue weighted by atomic mass is 16.5. The number of rotatable bonds is 4. The number of pyridine rings is 1. The fraction of sp³-hybridized carbons (Fsp3) is 0.368. The van der Waals surface area contributed by atoms with Crippen LogP contribution in [-0.2, 0) is 11.3 Å². The highest BCUT2D eigenvalue weighted by Crippen LogP contribution is 2.17. The fourth-order valence-corrected chi connectivity index (χ4v) is 2.93. The summed E-state index contributed by atoms with van der Waals surface area (Å²) in [4.78, 5) is 30.9. The summed E-state index contributed by atoms with van der Waals surface area (Å²) in [7, 11) is 1.71. The molecule has 0 saturated carbocycles. The first-order chi connectivity index (χ1) is 12.0. The minimum absolute atomic E-state index is 0.165. The molecule has 0 unspecified atom stereocenters. The van der Waals surface area contributed by atoms with Crippen molar-refractivity contribution in [3.63, 3.8) is 0 Å². The monoisotopic (exact) mass is 341 g/mol. The number of aromatic nitrogens is 1. The van der Waals surface area contributed by atoms with Crippen LogP contribution in [0.3, 0.4) is 0 Å². The van der Waals surface area contributed by atoms with Gasteiger partial charge >= 0.3 is 0 Å². The molecule has 1 aliphatic heterocycles. The quantitative estimate of drug-likeness (QED) is 0.921. The predicted octanol–water partition coefficient (Wildman–Crippen LogP) is 1.79. The molecule has 25 heavy (non-hydrogen) atoms. The van der Waals surface area contributed by atoms with E-state index in [1.54, 1.807) is 31.0 Å². The Morgan fingerprint density at radius 2 is 1.84 bits per heavy atom. The van der Waals surface area contributed by atoms with Crippen LogP contribution in [0.4, 0.5) is 5.69 Å². The van der Waals surface area contributed by atoms with Crippen molar-refractivity contribution < 1.29 is 9.53 Å². The van der Waals surface area contributed by atoms with Crippen molar-refractivity contribution in [1.29, 1.82) is 0 Å². The van der Waals surface area contributed by atoms with E-state index in [2.05, 4.69) is 22.0 Å². The van der Waals surface area contributed by atoms with E-state index in [4.69, 9.17) is 4.74 Å². The fourth-order valence-electron chi connectivity index (χ4n) is 2.93. The lowest BCUT2D eigenvalue weighted by molar-refractivity contribution is 0.0783. The predicted molar refractivity (Wildman–Crippen MR) is 97.1 cm³/mol. The van der Waals surface area contributed by atoms with Crippen LogP contribution in [-0.4, -0.2) is 49.1 Å². The molecule has 3 rings (SSSR count). The number of hydrogen-bond donors (Lipinski definition) is 1. The summed E-state index contributed by atoms with van der Waals surface area (Å²) in [5.74, 6) is -0.279. The van der Waals surface area contributed by atoms with Crippen LogP contribution in [0.5, 0.6) is 0 Å². The van der Waals surface area contributed by atoms with Crippen LogP contribution in [0.15, 0.2) is 41.2 Å². The van der Waals surface area contributed by atoms with Gasteiger partial charge in [0.15, 0.2) is 0 Å². The van der Waals surface area contributed by atoms with E-state index in [-0.39, 0.29) is 17.0 Å². The molecule has 2 aromatic rings. The maximum Gasteiger partial charge on any atom is 0.260 e. The summed E-state index contributed by atoms with van der Waals surface area (Å²) in [6.45, 7) is 5.54. The Hall–Kier alpha value is -2.60. The number of anilines is 1. The molecular weight excluding hydrogens is 318 g/mol. The lowest BCUT2D eigenvalue weighted by Gasteiger charge is -2.29. The number of aryl methyl sites for hydroxylation is 1. The number of carbonyl (C=O) groups excluding carboxylic acids is 1. The van der Waals surface area contributed by atoms with Crippen molar-refractivity contribution >= 4 is 11.6 Å². The smallest absolute Gasteiger partial charge is 0.260 e. The van der Waals surface area contributed by atoms with Gasteiger partial charge in [-0.05, 0) is 36.8 Å². The third kappa shape index (κ3) is 4.09.